The van der Waals surface area contributed by atoms with Gasteiger partial charge < -0.3 is 9.63 Å². The van der Waals surface area contributed by atoms with Crippen LogP contribution in [0.4, 0.5) is 0 Å². The molecule has 0 radical (unpaired) electrons. The first-order valence-corrected chi connectivity index (χ1v) is 6.52. The number of rotatable bonds is 5. The maximum atomic E-state index is 10.8. The zero-order chi connectivity index (χ0) is 11.3. The summed E-state index contributed by atoms with van der Waals surface area (Å²) in [5.74, 6) is -0.800. The molecule has 1 rings (SSSR count). The van der Waals surface area contributed by atoms with Crippen LogP contribution in [0, 0.1) is 0 Å². The molecule has 1 aromatic carbocycles. The number of nitrogens with one attached hydrogen (secondary N) is 1. The van der Waals surface area contributed by atoms with Crippen molar-refractivity contribution < 1.29 is 19.3 Å². The topological polar surface area (TPSA) is 67.8 Å². The molecule has 5 nitrogen and oxygen atoms in total. The molecule has 0 aliphatic heterocycles. The van der Waals surface area contributed by atoms with Gasteiger partial charge in [-0.05, 0) is 23.9 Å². The lowest BCUT2D eigenvalue weighted by atomic mass is 10.2. The average Bonchev–Trinajstić information content (AvgIpc) is 2.18. The number of carbonyl (C=O) groups is 1. The summed E-state index contributed by atoms with van der Waals surface area (Å²) >= 11 is 4.92. The van der Waals surface area contributed by atoms with Crippen LogP contribution >= 0.6 is 7.07 Å². The molecule has 0 aliphatic carbocycles. The minimum atomic E-state index is -1.80. The second-order valence-electron chi connectivity index (χ2n) is 2.50. The van der Waals surface area contributed by atoms with E-state index in [-0.39, 0.29) is 11.3 Å². The molecule has 0 saturated heterocycles. The van der Waals surface area contributed by atoms with Crippen molar-refractivity contribution in [2.75, 3.05) is 7.11 Å². The van der Waals surface area contributed by atoms with Gasteiger partial charge in [0.25, 0.3) is 0 Å². The van der Waals surface area contributed by atoms with Crippen molar-refractivity contribution in [2.45, 2.75) is 0 Å². The molecule has 1 unspecified atom stereocenters. The average molecular weight is 247 g/mol. The van der Waals surface area contributed by atoms with Crippen molar-refractivity contribution in [1.29, 1.82) is 0 Å². The van der Waals surface area contributed by atoms with E-state index in [1.807, 2.05) is 0 Å². The van der Waals surface area contributed by atoms with Crippen LogP contribution in [0.2, 0.25) is 0 Å². The Hall–Kier alpha value is -0.940. The maximum absolute atomic E-state index is 10.8. The van der Waals surface area contributed by atoms with Gasteiger partial charge in [-0.1, -0.05) is 12.1 Å². The lowest BCUT2D eigenvalue weighted by molar-refractivity contribution is 0.0695. The predicted octanol–water partition coefficient (Wildman–Crippen LogP) is 1.42. The highest BCUT2D eigenvalue weighted by Gasteiger charge is 2.10. The summed E-state index contributed by atoms with van der Waals surface area (Å²) in [5, 5.41) is 11.3. The van der Waals surface area contributed by atoms with E-state index in [2.05, 4.69) is 10.1 Å². The molecule has 0 heterocycles. The van der Waals surface area contributed by atoms with Crippen molar-refractivity contribution >= 4 is 24.9 Å². The monoisotopic (exact) mass is 247 g/mol. The van der Waals surface area contributed by atoms with Crippen molar-refractivity contribution in [3.8, 4) is 5.75 Å². The first kappa shape index (κ1) is 12.1. The van der Waals surface area contributed by atoms with Gasteiger partial charge in [-0.3, -0.25) is 4.84 Å². The number of benzene rings is 1. The third kappa shape index (κ3) is 3.60. The molecule has 82 valence electrons. The summed E-state index contributed by atoms with van der Waals surface area (Å²) in [6.07, 6.45) is 0. The highest BCUT2D eigenvalue weighted by atomic mass is 32.4. The quantitative estimate of drug-likeness (QED) is 0.606. The van der Waals surface area contributed by atoms with Crippen LogP contribution in [-0.4, -0.2) is 18.2 Å². The van der Waals surface area contributed by atoms with E-state index in [1.165, 1.54) is 13.2 Å². The Morgan fingerprint density at radius 1 is 1.53 bits per heavy atom. The Morgan fingerprint density at radius 3 is 2.80 bits per heavy atom. The van der Waals surface area contributed by atoms with Gasteiger partial charge in [0.05, 0.1) is 7.11 Å². The Labute approximate surface area is 92.5 Å². The summed E-state index contributed by atoms with van der Waals surface area (Å²) < 4.78 is 5.25. The van der Waals surface area contributed by atoms with E-state index in [4.69, 9.17) is 21.4 Å². The van der Waals surface area contributed by atoms with E-state index in [0.29, 0.717) is 0 Å². The largest absolute Gasteiger partial charge is 0.478 e. The lowest BCUT2D eigenvalue weighted by Gasteiger charge is -2.10. The van der Waals surface area contributed by atoms with Crippen molar-refractivity contribution in [1.82, 2.24) is 5.25 Å². The first-order valence-electron chi connectivity index (χ1n) is 3.98. The number of hydrogen-bond donors (Lipinski definition) is 2. The van der Waals surface area contributed by atoms with Crippen LogP contribution < -0.4 is 9.77 Å². The third-order valence-corrected chi connectivity index (χ3v) is 2.78. The number of aromatic carboxylic acids is 1. The molecule has 0 aliphatic rings. The maximum Gasteiger partial charge on any atom is 0.339 e. The third-order valence-electron chi connectivity index (χ3n) is 1.51. The van der Waals surface area contributed by atoms with Gasteiger partial charge >= 0.3 is 5.97 Å². The van der Waals surface area contributed by atoms with E-state index in [0.717, 1.165) is 0 Å². The fourth-order valence-electron chi connectivity index (χ4n) is 0.936. The van der Waals surface area contributed by atoms with Crippen LogP contribution in [0.25, 0.3) is 0 Å². The molecule has 0 saturated carbocycles. The summed E-state index contributed by atoms with van der Waals surface area (Å²) in [4.78, 5) is 15.4. The number of carboxylic acids is 1. The molecular formula is C8H10NO4PS. The number of carboxylic acid groups (broad SMARTS) is 1. The standard InChI is InChI=1S/C8H10NO4PS/c1-12-9-14(15)13-7-5-3-2-4-6(7)8(10)11/h2-5,14H,1H3,(H,9,15)(H,10,11). The second-order valence-corrected chi connectivity index (χ2v) is 4.59. The highest BCUT2D eigenvalue weighted by Crippen LogP contribution is 2.27. The Morgan fingerprint density at radius 2 is 2.20 bits per heavy atom. The normalized spacial score (nSPS) is 12.1. The molecule has 15 heavy (non-hydrogen) atoms. The van der Waals surface area contributed by atoms with Crippen LogP contribution in [0.5, 0.6) is 5.75 Å². The molecule has 1 aromatic rings. The summed E-state index contributed by atoms with van der Waals surface area (Å²) in [7, 11) is -0.380. The molecule has 0 fully saturated rings. The van der Waals surface area contributed by atoms with Gasteiger partial charge in [0.1, 0.15) is 11.3 Å². The van der Waals surface area contributed by atoms with E-state index in [9.17, 15) is 4.79 Å². The van der Waals surface area contributed by atoms with Crippen LogP contribution in [-0.2, 0) is 16.6 Å². The predicted molar refractivity (Wildman–Crippen MR) is 59.9 cm³/mol. The molecule has 0 spiro atoms. The van der Waals surface area contributed by atoms with E-state index in [1.54, 1.807) is 18.2 Å². The molecule has 0 bridgehead atoms. The Kier molecular flexibility index (Phi) is 4.71. The lowest BCUT2D eigenvalue weighted by Crippen LogP contribution is -2.05. The molecule has 2 N–H and O–H groups in total. The Bertz CT molecular complexity index is 385. The fourth-order valence-corrected chi connectivity index (χ4v) is 2.04. The van der Waals surface area contributed by atoms with Crippen LogP contribution in [0.1, 0.15) is 10.4 Å². The van der Waals surface area contributed by atoms with Gasteiger partial charge in [0.15, 0.2) is 7.07 Å². The summed E-state index contributed by atoms with van der Waals surface area (Å²) in [6.45, 7) is 0. The number of hydrogen-bond acceptors (Lipinski definition) is 4. The number of para-hydroxylation sites is 1. The van der Waals surface area contributed by atoms with Gasteiger partial charge in [0.2, 0.25) is 0 Å². The molecular weight excluding hydrogens is 237 g/mol. The smallest absolute Gasteiger partial charge is 0.339 e. The van der Waals surface area contributed by atoms with Crippen molar-refractivity contribution in [3.05, 3.63) is 29.8 Å². The van der Waals surface area contributed by atoms with Gasteiger partial charge in [-0.25, -0.2) is 4.79 Å². The first-order chi connectivity index (χ1) is 7.15. The van der Waals surface area contributed by atoms with Crippen LogP contribution in [0.15, 0.2) is 24.3 Å². The summed E-state index contributed by atoms with van der Waals surface area (Å²) in [5.41, 5.74) is 0.0859. The molecule has 1 atom stereocenters. The van der Waals surface area contributed by atoms with Crippen LogP contribution in [0.3, 0.4) is 0 Å². The van der Waals surface area contributed by atoms with E-state index < -0.39 is 13.0 Å². The molecule has 0 amide bonds. The SMILES string of the molecule is CON[PH](=S)Oc1ccccc1C(=O)O. The second kappa shape index (κ2) is 5.82. The van der Waals surface area contributed by atoms with Gasteiger partial charge in [-0.15, -0.1) is 5.25 Å². The molecule has 0 aromatic heterocycles. The minimum Gasteiger partial charge on any atom is -0.478 e. The fraction of sp³-hybridized carbons (Fsp3) is 0.125. The molecule has 7 heteroatoms. The van der Waals surface area contributed by atoms with Crippen molar-refractivity contribution in [3.63, 3.8) is 0 Å². The summed E-state index contributed by atoms with van der Waals surface area (Å²) in [6, 6.07) is 6.31. The van der Waals surface area contributed by atoms with Gasteiger partial charge in [0, 0.05) is 0 Å². The Balaban J connectivity index is 2.84. The van der Waals surface area contributed by atoms with Crippen molar-refractivity contribution in [2.24, 2.45) is 0 Å². The van der Waals surface area contributed by atoms with E-state index >= 15 is 0 Å². The zero-order valence-corrected chi connectivity index (χ0v) is 9.71. The zero-order valence-electron chi connectivity index (χ0n) is 7.89. The minimum absolute atomic E-state index is 0.0859. The van der Waals surface area contributed by atoms with Gasteiger partial charge in [-0.2, -0.15) is 0 Å². The highest BCUT2D eigenvalue weighted by molar-refractivity contribution is 8.02.